The topological polar surface area (TPSA) is 59.0 Å². The van der Waals surface area contributed by atoms with Crippen molar-refractivity contribution in [3.05, 3.63) is 78.0 Å². The molecule has 0 aliphatic heterocycles. The predicted octanol–water partition coefficient (Wildman–Crippen LogP) is 3.69. The first kappa shape index (κ1) is 17.4. The van der Waals surface area contributed by atoms with Gasteiger partial charge in [-0.25, -0.2) is 4.79 Å². The number of carbonyl (C=O) groups excluding carboxylic acids is 1. The lowest BCUT2D eigenvalue weighted by Crippen LogP contribution is -2.16. The first-order valence-electron chi connectivity index (χ1n) is 7.60. The van der Waals surface area contributed by atoms with Crippen molar-refractivity contribution in [1.29, 1.82) is 0 Å². The summed E-state index contributed by atoms with van der Waals surface area (Å²) in [5.74, 6) is 0.241. The molecule has 0 saturated carbocycles. The highest BCUT2D eigenvalue weighted by Gasteiger charge is 2.04. The third-order valence-corrected chi connectivity index (χ3v) is 3.31. The second kappa shape index (κ2) is 9.25. The third-order valence-electron chi connectivity index (χ3n) is 3.31. The summed E-state index contributed by atoms with van der Waals surface area (Å²) in [4.78, 5) is 13.0. The molecule has 5 nitrogen and oxygen atoms in total. The average Bonchev–Trinajstić information content (AvgIpc) is 2.59. The van der Waals surface area contributed by atoms with Crippen LogP contribution in [0.15, 0.2) is 66.9 Å². The lowest BCUT2D eigenvalue weighted by atomic mass is 10.1. The summed E-state index contributed by atoms with van der Waals surface area (Å²) in [6.07, 6.45) is 2.92. The fourth-order valence-corrected chi connectivity index (χ4v) is 2.24. The van der Waals surface area contributed by atoms with Gasteiger partial charge in [0.15, 0.2) is 0 Å². The van der Waals surface area contributed by atoms with Crippen LogP contribution in [0.25, 0.3) is 0 Å². The molecule has 0 unspecified atom stereocenters. The normalized spacial score (nSPS) is 10.5. The van der Waals surface area contributed by atoms with Crippen LogP contribution in [0, 0.1) is 0 Å². The van der Waals surface area contributed by atoms with Crippen LogP contribution in [0.3, 0.4) is 0 Å². The third kappa shape index (κ3) is 6.04. The molecule has 0 aliphatic carbocycles. The van der Waals surface area contributed by atoms with E-state index in [9.17, 15) is 9.90 Å². The van der Waals surface area contributed by atoms with Crippen LogP contribution in [0.4, 0.5) is 4.79 Å². The van der Waals surface area contributed by atoms with Crippen LogP contribution in [-0.2, 0) is 22.6 Å². The van der Waals surface area contributed by atoms with E-state index < -0.39 is 6.16 Å². The summed E-state index contributed by atoms with van der Waals surface area (Å²) < 4.78 is 9.27. The van der Waals surface area contributed by atoms with Gasteiger partial charge >= 0.3 is 6.16 Å². The zero-order chi connectivity index (χ0) is 17.2. The molecule has 0 heterocycles. The molecule has 0 fully saturated rings. The number of phenols is 1. The zero-order valence-corrected chi connectivity index (χ0v) is 13.6. The van der Waals surface area contributed by atoms with Crippen molar-refractivity contribution in [2.24, 2.45) is 0 Å². The molecule has 0 atom stereocenters. The van der Waals surface area contributed by atoms with E-state index in [1.807, 2.05) is 48.7 Å². The lowest BCUT2D eigenvalue weighted by Gasteiger charge is -2.21. The van der Waals surface area contributed by atoms with Crippen molar-refractivity contribution < 1.29 is 19.4 Å². The van der Waals surface area contributed by atoms with Gasteiger partial charge in [-0.3, -0.25) is 0 Å². The van der Waals surface area contributed by atoms with Crippen molar-refractivity contribution in [2.75, 3.05) is 13.7 Å². The summed E-state index contributed by atoms with van der Waals surface area (Å²) in [7, 11) is 1.27. The molecular weight excluding hydrogens is 306 g/mol. The van der Waals surface area contributed by atoms with Gasteiger partial charge in [0.05, 0.1) is 7.11 Å². The van der Waals surface area contributed by atoms with Crippen molar-refractivity contribution in [3.63, 3.8) is 0 Å². The number of methoxy groups -OCH3 is 1. The highest BCUT2D eigenvalue weighted by atomic mass is 16.7. The number of hydrogen-bond donors (Lipinski definition) is 1. The molecule has 0 spiro atoms. The molecule has 0 aromatic heterocycles. The minimum Gasteiger partial charge on any atom is -0.508 e. The van der Waals surface area contributed by atoms with Crippen LogP contribution >= 0.6 is 0 Å². The molecule has 0 radical (unpaired) electrons. The average molecular weight is 327 g/mol. The Labute approximate surface area is 141 Å². The Morgan fingerprint density at radius 3 is 2.50 bits per heavy atom. The molecule has 0 saturated heterocycles. The summed E-state index contributed by atoms with van der Waals surface area (Å²) >= 11 is 0. The molecule has 2 aromatic rings. The summed E-state index contributed by atoms with van der Waals surface area (Å²) in [5, 5.41) is 9.61. The van der Waals surface area contributed by atoms with Crippen molar-refractivity contribution in [2.45, 2.75) is 13.1 Å². The van der Waals surface area contributed by atoms with Gasteiger partial charge in [0.1, 0.15) is 12.4 Å². The maximum Gasteiger partial charge on any atom is 0.508 e. The monoisotopic (exact) mass is 327 g/mol. The molecular formula is C19H21NO4. The quantitative estimate of drug-likeness (QED) is 0.786. The van der Waals surface area contributed by atoms with Crippen molar-refractivity contribution in [1.82, 2.24) is 4.90 Å². The van der Waals surface area contributed by atoms with Crippen LogP contribution in [0.2, 0.25) is 0 Å². The molecule has 0 amide bonds. The zero-order valence-electron chi connectivity index (χ0n) is 13.6. The number of benzene rings is 2. The Morgan fingerprint density at radius 1 is 1.08 bits per heavy atom. The lowest BCUT2D eigenvalue weighted by molar-refractivity contribution is 0.0815. The summed E-state index contributed by atoms with van der Waals surface area (Å²) in [5.41, 5.74) is 2.15. The summed E-state index contributed by atoms with van der Waals surface area (Å²) in [6.45, 7) is 1.46. The maximum atomic E-state index is 11.0. The van der Waals surface area contributed by atoms with Gasteiger partial charge in [0.25, 0.3) is 0 Å². The number of hydrogen-bond acceptors (Lipinski definition) is 5. The number of nitrogens with zero attached hydrogens (tertiary/aromatic N) is 1. The Morgan fingerprint density at radius 2 is 1.79 bits per heavy atom. The first-order valence-corrected chi connectivity index (χ1v) is 7.60. The number of rotatable bonds is 7. The number of phenolic OH excluding ortho intramolecular Hbond substituents is 1. The highest BCUT2D eigenvalue weighted by Crippen LogP contribution is 2.15. The number of carbonyl (C=O) groups is 1. The fourth-order valence-electron chi connectivity index (χ4n) is 2.24. The Kier molecular flexibility index (Phi) is 6.71. The van der Waals surface area contributed by atoms with Gasteiger partial charge < -0.3 is 19.5 Å². The second-order valence-electron chi connectivity index (χ2n) is 5.21. The first-order chi connectivity index (χ1) is 11.7. The molecule has 24 heavy (non-hydrogen) atoms. The molecule has 5 heteroatoms. The molecule has 2 rings (SSSR count). The molecule has 1 N–H and O–H groups in total. The standard InChI is InChI=1S/C19H21NO4/c1-23-19(22)24-12-6-11-20(14-16-7-3-2-4-8-16)15-17-9-5-10-18(21)13-17/h2-11,13,21H,12,14-15H2,1H3/b11-6+. The van der Waals surface area contributed by atoms with Crippen LogP contribution in [0.1, 0.15) is 11.1 Å². The van der Waals surface area contributed by atoms with Gasteiger partial charge in [0.2, 0.25) is 0 Å². The van der Waals surface area contributed by atoms with E-state index in [0.717, 1.165) is 11.1 Å². The van der Waals surface area contributed by atoms with Crippen molar-refractivity contribution in [3.8, 4) is 5.75 Å². The van der Waals surface area contributed by atoms with E-state index in [-0.39, 0.29) is 12.4 Å². The van der Waals surface area contributed by atoms with Crippen LogP contribution in [0.5, 0.6) is 5.75 Å². The number of ether oxygens (including phenoxy) is 2. The Balaban J connectivity index is 2.03. The van der Waals surface area contributed by atoms with E-state index >= 15 is 0 Å². The molecule has 126 valence electrons. The summed E-state index contributed by atoms with van der Waals surface area (Å²) in [6, 6.07) is 17.2. The smallest absolute Gasteiger partial charge is 0.508 e. The minimum absolute atomic E-state index is 0.137. The van der Waals surface area contributed by atoms with E-state index in [2.05, 4.69) is 9.64 Å². The van der Waals surface area contributed by atoms with Gasteiger partial charge in [-0.05, 0) is 35.5 Å². The van der Waals surface area contributed by atoms with Gasteiger partial charge in [-0.15, -0.1) is 0 Å². The van der Waals surface area contributed by atoms with Crippen LogP contribution in [-0.4, -0.2) is 29.9 Å². The van der Waals surface area contributed by atoms with Crippen molar-refractivity contribution >= 4 is 6.16 Å². The van der Waals surface area contributed by atoms with E-state index in [1.165, 1.54) is 7.11 Å². The largest absolute Gasteiger partial charge is 0.508 e. The Hall–Kier alpha value is -2.95. The molecule has 2 aromatic carbocycles. The fraction of sp³-hybridized carbons (Fsp3) is 0.211. The highest BCUT2D eigenvalue weighted by molar-refractivity contribution is 5.59. The second-order valence-corrected chi connectivity index (χ2v) is 5.21. The SMILES string of the molecule is COC(=O)OC/C=C/N(Cc1ccccc1)Cc1cccc(O)c1. The van der Waals surface area contributed by atoms with E-state index in [4.69, 9.17) is 4.74 Å². The van der Waals surface area contributed by atoms with Gasteiger partial charge in [-0.2, -0.15) is 0 Å². The van der Waals surface area contributed by atoms with Crippen LogP contribution < -0.4 is 0 Å². The predicted molar refractivity (Wildman–Crippen MR) is 91.3 cm³/mol. The van der Waals surface area contributed by atoms with Gasteiger partial charge in [0, 0.05) is 13.1 Å². The van der Waals surface area contributed by atoms with E-state index in [1.54, 1.807) is 18.2 Å². The Bertz CT molecular complexity index is 670. The molecule has 0 aliphatic rings. The minimum atomic E-state index is -0.706. The van der Waals surface area contributed by atoms with Gasteiger partial charge in [-0.1, -0.05) is 42.5 Å². The number of aromatic hydroxyl groups is 1. The van der Waals surface area contributed by atoms with E-state index in [0.29, 0.717) is 13.1 Å². The molecule has 0 bridgehead atoms. The maximum absolute atomic E-state index is 11.0.